The molecule has 2 aliphatic rings. The van der Waals surface area contributed by atoms with Crippen molar-refractivity contribution in [2.45, 2.75) is 18.6 Å². The fourth-order valence-corrected chi connectivity index (χ4v) is 2.52. The molecule has 2 aliphatic heterocycles. The van der Waals surface area contributed by atoms with E-state index in [9.17, 15) is 14.7 Å². The molecule has 114 valence electrons. The molecule has 0 saturated carbocycles. The van der Waals surface area contributed by atoms with Gasteiger partial charge in [0.15, 0.2) is 0 Å². The fraction of sp³-hybridized carbons (Fsp3) is 0.833. The van der Waals surface area contributed by atoms with Crippen LogP contribution in [0.2, 0.25) is 0 Å². The molecule has 20 heavy (non-hydrogen) atoms. The summed E-state index contributed by atoms with van der Waals surface area (Å²) in [7, 11) is 0. The Morgan fingerprint density at radius 1 is 1.30 bits per heavy atom. The van der Waals surface area contributed by atoms with Gasteiger partial charge in [0.1, 0.15) is 6.04 Å². The lowest BCUT2D eigenvalue weighted by atomic mass is 10.2. The summed E-state index contributed by atoms with van der Waals surface area (Å²) in [6, 6.07) is -1.37. The van der Waals surface area contributed by atoms with Crippen LogP contribution in [-0.4, -0.2) is 90.1 Å². The molecule has 2 saturated heterocycles. The predicted octanol–water partition coefficient (Wildman–Crippen LogP) is -1.45. The summed E-state index contributed by atoms with van der Waals surface area (Å²) in [6.45, 7) is 4.33. The van der Waals surface area contributed by atoms with Crippen LogP contribution in [0.1, 0.15) is 6.42 Å². The van der Waals surface area contributed by atoms with E-state index in [4.69, 9.17) is 9.84 Å². The summed E-state index contributed by atoms with van der Waals surface area (Å²) < 4.78 is 5.23. The van der Waals surface area contributed by atoms with Crippen molar-refractivity contribution in [3.63, 3.8) is 0 Å². The number of ether oxygens (including phenoxy) is 1. The molecule has 2 rings (SSSR count). The van der Waals surface area contributed by atoms with E-state index in [-0.39, 0.29) is 13.0 Å². The van der Waals surface area contributed by atoms with Gasteiger partial charge in [0.25, 0.3) is 0 Å². The quantitative estimate of drug-likeness (QED) is 0.584. The zero-order valence-corrected chi connectivity index (χ0v) is 11.3. The summed E-state index contributed by atoms with van der Waals surface area (Å²) in [6.07, 6.45) is -0.673. The van der Waals surface area contributed by atoms with Gasteiger partial charge in [0, 0.05) is 39.1 Å². The highest BCUT2D eigenvalue weighted by Gasteiger charge is 2.38. The number of aliphatic hydroxyl groups excluding tert-OH is 1. The van der Waals surface area contributed by atoms with Gasteiger partial charge in [-0.3, -0.25) is 4.90 Å². The van der Waals surface area contributed by atoms with Gasteiger partial charge in [-0.1, -0.05) is 0 Å². The van der Waals surface area contributed by atoms with Gasteiger partial charge in [0.05, 0.1) is 19.3 Å². The third kappa shape index (κ3) is 3.81. The Balaban J connectivity index is 1.74. The minimum Gasteiger partial charge on any atom is -0.480 e. The van der Waals surface area contributed by atoms with Crippen molar-refractivity contribution in [3.05, 3.63) is 0 Å². The largest absolute Gasteiger partial charge is 0.480 e. The number of urea groups is 1. The second-order valence-electron chi connectivity index (χ2n) is 5.08. The topological polar surface area (TPSA) is 102 Å². The first kappa shape index (κ1) is 15.0. The number of aliphatic carboxylic acids is 1. The third-order valence-electron chi connectivity index (χ3n) is 3.63. The second-order valence-corrected chi connectivity index (χ2v) is 5.08. The van der Waals surface area contributed by atoms with Crippen LogP contribution in [0.4, 0.5) is 4.79 Å². The number of likely N-dealkylation sites (tertiary alicyclic amines) is 1. The van der Waals surface area contributed by atoms with Crippen molar-refractivity contribution in [2.24, 2.45) is 0 Å². The van der Waals surface area contributed by atoms with E-state index in [0.717, 1.165) is 13.1 Å². The number of nitrogens with one attached hydrogen (secondary N) is 1. The molecule has 2 fully saturated rings. The van der Waals surface area contributed by atoms with Crippen LogP contribution >= 0.6 is 0 Å². The Hall–Kier alpha value is -1.38. The first-order valence-electron chi connectivity index (χ1n) is 6.83. The Kier molecular flexibility index (Phi) is 5.16. The lowest BCUT2D eigenvalue weighted by molar-refractivity contribution is -0.141. The maximum atomic E-state index is 11.9. The minimum absolute atomic E-state index is 0.0698. The van der Waals surface area contributed by atoms with Gasteiger partial charge in [-0.25, -0.2) is 9.59 Å². The molecule has 0 spiro atoms. The van der Waals surface area contributed by atoms with Crippen molar-refractivity contribution < 1.29 is 24.5 Å². The van der Waals surface area contributed by atoms with Crippen LogP contribution in [0.3, 0.4) is 0 Å². The Morgan fingerprint density at radius 2 is 2.00 bits per heavy atom. The van der Waals surface area contributed by atoms with Gasteiger partial charge in [0.2, 0.25) is 0 Å². The van der Waals surface area contributed by atoms with Crippen molar-refractivity contribution in [2.75, 3.05) is 45.9 Å². The number of hydrogen-bond acceptors (Lipinski definition) is 5. The summed E-state index contributed by atoms with van der Waals surface area (Å²) >= 11 is 0. The van der Waals surface area contributed by atoms with Crippen LogP contribution in [0, 0.1) is 0 Å². The summed E-state index contributed by atoms with van der Waals surface area (Å²) in [5.41, 5.74) is 0. The first-order valence-corrected chi connectivity index (χ1v) is 6.83. The molecule has 8 heteroatoms. The maximum absolute atomic E-state index is 11.9. The molecule has 0 aromatic rings. The lowest BCUT2D eigenvalue weighted by Crippen LogP contribution is -2.48. The van der Waals surface area contributed by atoms with Crippen LogP contribution in [0.5, 0.6) is 0 Å². The molecule has 0 bridgehead atoms. The number of carbonyl (C=O) groups is 2. The van der Waals surface area contributed by atoms with Crippen molar-refractivity contribution in [1.82, 2.24) is 15.1 Å². The lowest BCUT2D eigenvalue weighted by Gasteiger charge is -2.27. The van der Waals surface area contributed by atoms with Gasteiger partial charge >= 0.3 is 12.0 Å². The van der Waals surface area contributed by atoms with Gasteiger partial charge < -0.3 is 25.2 Å². The minimum atomic E-state index is -1.08. The molecule has 0 aromatic heterocycles. The smallest absolute Gasteiger partial charge is 0.326 e. The molecule has 2 atom stereocenters. The van der Waals surface area contributed by atoms with E-state index in [1.165, 1.54) is 4.90 Å². The zero-order chi connectivity index (χ0) is 14.5. The van der Waals surface area contributed by atoms with Crippen LogP contribution in [0.15, 0.2) is 0 Å². The summed E-state index contributed by atoms with van der Waals surface area (Å²) in [4.78, 5) is 26.3. The van der Waals surface area contributed by atoms with Crippen molar-refractivity contribution in [3.8, 4) is 0 Å². The van der Waals surface area contributed by atoms with Crippen LogP contribution < -0.4 is 5.32 Å². The number of hydrogen-bond donors (Lipinski definition) is 3. The number of aliphatic hydroxyl groups is 1. The first-order chi connectivity index (χ1) is 9.58. The summed E-state index contributed by atoms with van der Waals surface area (Å²) in [5, 5.41) is 21.2. The molecule has 8 nitrogen and oxygen atoms in total. The average Bonchev–Trinajstić information content (AvgIpc) is 2.82. The van der Waals surface area contributed by atoms with Crippen LogP contribution in [0.25, 0.3) is 0 Å². The van der Waals surface area contributed by atoms with E-state index in [2.05, 4.69) is 10.2 Å². The Labute approximate surface area is 117 Å². The number of carboxylic acids is 1. The monoisotopic (exact) mass is 287 g/mol. The molecule has 3 N–H and O–H groups in total. The van der Waals surface area contributed by atoms with Crippen molar-refractivity contribution >= 4 is 12.0 Å². The fourth-order valence-electron chi connectivity index (χ4n) is 2.52. The molecular weight excluding hydrogens is 266 g/mol. The average molecular weight is 287 g/mol. The number of morpholine rings is 1. The van der Waals surface area contributed by atoms with E-state index < -0.39 is 24.1 Å². The van der Waals surface area contributed by atoms with Crippen LogP contribution in [-0.2, 0) is 9.53 Å². The molecular formula is C12H21N3O5. The van der Waals surface area contributed by atoms with Gasteiger partial charge in [-0.15, -0.1) is 0 Å². The highest BCUT2D eigenvalue weighted by Crippen LogP contribution is 2.17. The normalized spacial score (nSPS) is 27.6. The van der Waals surface area contributed by atoms with E-state index >= 15 is 0 Å². The highest BCUT2D eigenvalue weighted by atomic mass is 16.5. The van der Waals surface area contributed by atoms with Crippen molar-refractivity contribution in [1.29, 1.82) is 0 Å². The number of amides is 2. The molecule has 0 aromatic carbocycles. The van der Waals surface area contributed by atoms with E-state index in [1.807, 2.05) is 0 Å². The number of nitrogens with zero attached hydrogens (tertiary/aromatic N) is 2. The van der Waals surface area contributed by atoms with E-state index in [1.54, 1.807) is 0 Å². The standard InChI is InChI=1S/C12H21N3O5/c16-9-7-10(11(17)18)15(8-9)12(19)13-1-2-14-3-5-20-6-4-14/h9-10,16H,1-8H2,(H,13,19)(H,17,18)/t9-,10+/m1/s1. The molecule has 0 unspecified atom stereocenters. The molecule has 0 radical (unpaired) electrons. The number of rotatable bonds is 4. The molecule has 2 heterocycles. The van der Waals surface area contributed by atoms with E-state index in [0.29, 0.717) is 26.3 Å². The maximum Gasteiger partial charge on any atom is 0.326 e. The Bertz CT molecular complexity index is 359. The molecule has 2 amide bonds. The Morgan fingerprint density at radius 3 is 2.65 bits per heavy atom. The highest BCUT2D eigenvalue weighted by molar-refractivity contribution is 5.83. The number of carbonyl (C=O) groups excluding carboxylic acids is 1. The molecule has 0 aliphatic carbocycles. The summed E-state index contributed by atoms with van der Waals surface area (Å²) in [5.74, 6) is -1.08. The third-order valence-corrected chi connectivity index (χ3v) is 3.63. The number of carboxylic acid groups (broad SMARTS) is 1. The zero-order valence-electron chi connectivity index (χ0n) is 11.3. The SMILES string of the molecule is O=C(O)[C@@H]1C[C@@H](O)CN1C(=O)NCCN1CCOCC1. The van der Waals surface area contributed by atoms with Gasteiger partial charge in [-0.05, 0) is 0 Å². The predicted molar refractivity (Wildman–Crippen MR) is 69.4 cm³/mol. The number of β-amino-alcohol motifs (C(OH)–C–C–N with tert-alkyl or cyclic N) is 1. The second kappa shape index (κ2) is 6.87. The van der Waals surface area contributed by atoms with Gasteiger partial charge in [-0.2, -0.15) is 0 Å².